The number of hydroxylamine groups is 1. The predicted molar refractivity (Wildman–Crippen MR) is 109 cm³/mol. The van der Waals surface area contributed by atoms with Crippen LogP contribution in [-0.4, -0.2) is 11.9 Å². The van der Waals surface area contributed by atoms with Crippen molar-refractivity contribution in [2.75, 3.05) is 0 Å². The highest BCUT2D eigenvalue weighted by Crippen LogP contribution is 2.16. The highest BCUT2D eigenvalue weighted by molar-refractivity contribution is 5.88. The van der Waals surface area contributed by atoms with Crippen LogP contribution in [-0.2, 0) is 14.4 Å². The molecule has 1 amide bonds. The van der Waals surface area contributed by atoms with Crippen molar-refractivity contribution in [3.8, 4) is 0 Å². The highest BCUT2D eigenvalue weighted by atomic mass is 16.7. The Morgan fingerprint density at radius 3 is 1.73 bits per heavy atom. The highest BCUT2D eigenvalue weighted by Gasteiger charge is 2.17. The Bertz CT molecular complexity index is 393. The van der Waals surface area contributed by atoms with E-state index in [4.69, 9.17) is 4.84 Å². The average Bonchev–Trinajstić information content (AvgIpc) is 2.63. The predicted octanol–water partition coefficient (Wildman–Crippen LogP) is 6.25. The van der Waals surface area contributed by atoms with Crippen LogP contribution >= 0.6 is 0 Å². The second kappa shape index (κ2) is 17.1. The van der Waals surface area contributed by atoms with E-state index in [1.165, 1.54) is 70.6 Å². The van der Waals surface area contributed by atoms with E-state index in [1.807, 2.05) is 6.92 Å². The molecule has 1 N–H and O–H groups in total. The molecule has 1 unspecified atom stereocenters. The molecule has 26 heavy (non-hydrogen) atoms. The van der Waals surface area contributed by atoms with Crippen molar-refractivity contribution in [2.24, 2.45) is 5.92 Å². The molecule has 0 aromatic heterocycles. The zero-order valence-electron chi connectivity index (χ0n) is 17.4. The third-order valence-electron chi connectivity index (χ3n) is 4.86. The first-order valence-electron chi connectivity index (χ1n) is 10.7. The van der Waals surface area contributed by atoms with Crippen molar-refractivity contribution in [3.63, 3.8) is 0 Å². The molecule has 0 heterocycles. The van der Waals surface area contributed by atoms with Gasteiger partial charge in [0.25, 0.3) is 5.91 Å². The summed E-state index contributed by atoms with van der Waals surface area (Å²) in [4.78, 5) is 28.0. The second-order valence-electron chi connectivity index (χ2n) is 7.42. The molecule has 0 aromatic carbocycles. The smallest absolute Gasteiger partial charge is 0.336 e. The molecule has 0 aliphatic heterocycles. The molecule has 0 aromatic rings. The molecule has 1 atom stereocenters. The van der Waals surface area contributed by atoms with Gasteiger partial charge in [-0.3, -0.25) is 4.79 Å². The summed E-state index contributed by atoms with van der Waals surface area (Å²) >= 11 is 0. The lowest BCUT2D eigenvalue weighted by Gasteiger charge is -2.14. The zero-order valence-corrected chi connectivity index (χ0v) is 17.4. The number of amides is 1. The van der Waals surface area contributed by atoms with Gasteiger partial charge in [0.1, 0.15) is 0 Å². The maximum absolute atomic E-state index is 12.0. The van der Waals surface area contributed by atoms with Gasteiger partial charge in [0.2, 0.25) is 0 Å². The lowest BCUT2D eigenvalue weighted by Crippen LogP contribution is -2.32. The second-order valence-corrected chi connectivity index (χ2v) is 7.42. The van der Waals surface area contributed by atoms with Gasteiger partial charge in [0, 0.05) is 11.5 Å². The molecule has 152 valence electrons. The third kappa shape index (κ3) is 13.9. The SMILES string of the molecule is C=C(C)C(=O)ONC(=O)C(CC)CCCCCCCCCCCCCC. The molecule has 0 fully saturated rings. The first kappa shape index (κ1) is 24.7. The largest absolute Gasteiger partial charge is 0.358 e. The minimum absolute atomic E-state index is 0.0870. The number of unbranched alkanes of at least 4 members (excludes halogenated alkanes) is 11. The quantitative estimate of drug-likeness (QED) is 0.199. The van der Waals surface area contributed by atoms with Gasteiger partial charge in [-0.05, 0) is 19.8 Å². The molecule has 0 aliphatic carbocycles. The van der Waals surface area contributed by atoms with Gasteiger partial charge in [0.15, 0.2) is 0 Å². The van der Waals surface area contributed by atoms with E-state index in [0.717, 1.165) is 19.3 Å². The van der Waals surface area contributed by atoms with Crippen molar-refractivity contribution in [1.29, 1.82) is 0 Å². The maximum atomic E-state index is 12.0. The Kier molecular flexibility index (Phi) is 16.2. The summed E-state index contributed by atoms with van der Waals surface area (Å²) in [5, 5.41) is 0. The summed E-state index contributed by atoms with van der Waals surface area (Å²) in [6, 6.07) is 0. The number of rotatable bonds is 16. The van der Waals surface area contributed by atoms with Gasteiger partial charge in [-0.1, -0.05) is 97.5 Å². The van der Waals surface area contributed by atoms with Crippen molar-refractivity contribution < 1.29 is 14.4 Å². The standard InChI is InChI=1S/C22H41NO3/c1-5-7-8-9-10-11-12-13-14-15-16-17-18-20(6-2)21(24)23-26-22(25)19(3)4/h20H,3,5-18H2,1-2,4H3,(H,23,24). The van der Waals surface area contributed by atoms with E-state index in [-0.39, 0.29) is 17.4 Å². The molecule has 0 aliphatic rings. The van der Waals surface area contributed by atoms with Crippen LogP contribution in [0, 0.1) is 5.92 Å². The number of hydrogen-bond donors (Lipinski definition) is 1. The van der Waals surface area contributed by atoms with Gasteiger partial charge in [0.05, 0.1) is 0 Å². The normalized spacial score (nSPS) is 11.8. The lowest BCUT2D eigenvalue weighted by atomic mass is 9.97. The Morgan fingerprint density at radius 2 is 1.31 bits per heavy atom. The van der Waals surface area contributed by atoms with E-state index in [2.05, 4.69) is 19.0 Å². The number of nitrogens with one attached hydrogen (secondary N) is 1. The summed E-state index contributed by atoms with van der Waals surface area (Å²) in [7, 11) is 0. The minimum Gasteiger partial charge on any atom is -0.336 e. The van der Waals surface area contributed by atoms with Crippen LogP contribution in [0.5, 0.6) is 0 Å². The molecule has 0 saturated carbocycles. The molecule has 4 nitrogen and oxygen atoms in total. The van der Waals surface area contributed by atoms with Crippen LogP contribution in [0.15, 0.2) is 12.2 Å². The third-order valence-corrected chi connectivity index (χ3v) is 4.86. The topological polar surface area (TPSA) is 55.4 Å². The lowest BCUT2D eigenvalue weighted by molar-refractivity contribution is -0.156. The molecule has 0 spiro atoms. The average molecular weight is 368 g/mol. The van der Waals surface area contributed by atoms with Gasteiger partial charge in [-0.2, -0.15) is 5.48 Å². The van der Waals surface area contributed by atoms with Crippen LogP contribution in [0.2, 0.25) is 0 Å². The Morgan fingerprint density at radius 1 is 0.846 bits per heavy atom. The summed E-state index contributed by atoms with van der Waals surface area (Å²) in [6.45, 7) is 9.29. The summed E-state index contributed by atoms with van der Waals surface area (Å²) in [6.07, 6.45) is 17.4. The van der Waals surface area contributed by atoms with E-state index in [9.17, 15) is 9.59 Å². The first-order valence-corrected chi connectivity index (χ1v) is 10.7. The van der Waals surface area contributed by atoms with Gasteiger partial charge in [-0.25, -0.2) is 4.79 Å². The summed E-state index contributed by atoms with van der Waals surface area (Å²) in [5.74, 6) is -0.875. The van der Waals surface area contributed by atoms with Crippen molar-refractivity contribution >= 4 is 11.9 Å². The Hall–Kier alpha value is -1.32. The molecule has 0 bridgehead atoms. The molecule has 0 saturated heterocycles. The van der Waals surface area contributed by atoms with E-state index < -0.39 is 5.97 Å². The fourth-order valence-corrected chi connectivity index (χ4v) is 3.02. The van der Waals surface area contributed by atoms with Crippen LogP contribution in [0.3, 0.4) is 0 Å². The van der Waals surface area contributed by atoms with Gasteiger partial charge >= 0.3 is 5.97 Å². The molecule has 0 rings (SSSR count). The summed E-state index contributed by atoms with van der Waals surface area (Å²) in [5.41, 5.74) is 2.54. The fraction of sp³-hybridized carbons (Fsp3) is 0.818. The van der Waals surface area contributed by atoms with Gasteiger partial charge in [-0.15, -0.1) is 0 Å². The van der Waals surface area contributed by atoms with E-state index in [0.29, 0.717) is 0 Å². The maximum Gasteiger partial charge on any atom is 0.358 e. The molecular formula is C22H41NO3. The number of hydrogen-bond acceptors (Lipinski definition) is 3. The van der Waals surface area contributed by atoms with Crippen LogP contribution in [0.25, 0.3) is 0 Å². The first-order chi connectivity index (χ1) is 12.5. The Labute approximate surface area is 161 Å². The molecule has 4 heteroatoms. The number of carbonyl (C=O) groups is 2. The summed E-state index contributed by atoms with van der Waals surface area (Å²) < 4.78 is 0. The van der Waals surface area contributed by atoms with E-state index in [1.54, 1.807) is 6.92 Å². The van der Waals surface area contributed by atoms with E-state index >= 15 is 0 Å². The van der Waals surface area contributed by atoms with Crippen molar-refractivity contribution in [1.82, 2.24) is 5.48 Å². The monoisotopic (exact) mass is 367 g/mol. The van der Waals surface area contributed by atoms with Crippen molar-refractivity contribution in [2.45, 2.75) is 111 Å². The number of carbonyl (C=O) groups excluding carboxylic acids is 2. The van der Waals surface area contributed by atoms with Crippen LogP contribution in [0.4, 0.5) is 0 Å². The Balaban J connectivity index is 3.58. The molecule has 0 radical (unpaired) electrons. The van der Waals surface area contributed by atoms with Crippen LogP contribution in [0.1, 0.15) is 111 Å². The van der Waals surface area contributed by atoms with Crippen molar-refractivity contribution in [3.05, 3.63) is 12.2 Å². The minimum atomic E-state index is -0.585. The van der Waals surface area contributed by atoms with Crippen LogP contribution < -0.4 is 5.48 Å². The van der Waals surface area contributed by atoms with Gasteiger partial charge < -0.3 is 4.84 Å². The molecular weight excluding hydrogens is 326 g/mol. The fourth-order valence-electron chi connectivity index (χ4n) is 3.02. The zero-order chi connectivity index (χ0) is 19.6.